The highest BCUT2D eigenvalue weighted by molar-refractivity contribution is 6.31. The Kier molecular flexibility index (Phi) is 6.28. The number of amides is 1. The van der Waals surface area contributed by atoms with E-state index in [0.717, 1.165) is 4.68 Å². The van der Waals surface area contributed by atoms with Gasteiger partial charge in [-0.05, 0) is 25.1 Å². The number of halogens is 6. The van der Waals surface area contributed by atoms with Crippen LogP contribution < -0.4 is 16.8 Å². The second-order valence-corrected chi connectivity index (χ2v) is 9.58. The third kappa shape index (κ3) is 4.52. The fourth-order valence-electron chi connectivity index (χ4n) is 4.32. The number of nitrogens with one attached hydrogen (secondary N) is 1. The Morgan fingerprint density at radius 3 is 2.54 bits per heavy atom. The number of rotatable bonds is 7. The molecule has 1 aliphatic heterocycles. The summed E-state index contributed by atoms with van der Waals surface area (Å²) in [6, 6.07) is 4.16. The molecule has 4 heterocycles. The monoisotopic (exact) mass is 602 g/mol. The van der Waals surface area contributed by atoms with E-state index in [1.54, 1.807) is 0 Å². The smallest absolute Gasteiger partial charge is 0.453 e. The number of benzene rings is 1. The van der Waals surface area contributed by atoms with Gasteiger partial charge in [-0.25, -0.2) is 14.8 Å². The first-order chi connectivity index (χ1) is 19.0. The van der Waals surface area contributed by atoms with E-state index in [9.17, 15) is 36.3 Å². The van der Waals surface area contributed by atoms with Gasteiger partial charge in [0, 0.05) is 23.4 Å². The second-order valence-electron chi connectivity index (χ2n) is 9.15. The summed E-state index contributed by atoms with van der Waals surface area (Å²) in [5.74, 6) is -9.51. The first-order valence-electron chi connectivity index (χ1n) is 11.4. The van der Waals surface area contributed by atoms with Crippen molar-refractivity contribution in [2.24, 2.45) is 0 Å². The molecule has 0 radical (unpaired) electrons. The van der Waals surface area contributed by atoms with Gasteiger partial charge in [0.05, 0.1) is 11.1 Å². The Hall–Kier alpha value is -4.61. The second kappa shape index (κ2) is 9.22. The van der Waals surface area contributed by atoms with Crippen molar-refractivity contribution < 1.29 is 41.1 Å². The van der Waals surface area contributed by atoms with Crippen molar-refractivity contribution in [2.75, 3.05) is 11.1 Å². The van der Waals surface area contributed by atoms with E-state index in [0.29, 0.717) is 4.68 Å². The van der Waals surface area contributed by atoms with E-state index >= 15 is 0 Å². The number of carbonyl (C=O) groups is 2. The topological polar surface area (TPSA) is 184 Å². The van der Waals surface area contributed by atoms with Crippen LogP contribution in [0.15, 0.2) is 27.4 Å². The van der Waals surface area contributed by atoms with Crippen LogP contribution in [0.2, 0.25) is 5.02 Å². The maximum atomic E-state index is 13.6. The number of fused-ring (bicyclic) bond motifs is 2. The highest BCUT2D eigenvalue weighted by Crippen LogP contribution is 2.44. The van der Waals surface area contributed by atoms with Crippen LogP contribution in [0.5, 0.6) is 0 Å². The van der Waals surface area contributed by atoms with Crippen LogP contribution in [-0.2, 0) is 28.1 Å². The highest BCUT2D eigenvalue weighted by atomic mass is 35.5. The van der Waals surface area contributed by atoms with Gasteiger partial charge >= 0.3 is 23.8 Å². The quantitative estimate of drug-likeness (QED) is 0.266. The number of nitrogen functional groups attached to an aromatic ring is 1. The van der Waals surface area contributed by atoms with E-state index in [1.807, 2.05) is 0 Å². The summed E-state index contributed by atoms with van der Waals surface area (Å²) in [6.07, 6.45) is -7.37. The number of aryl methyl sites for hydroxylation is 1. The van der Waals surface area contributed by atoms with E-state index in [4.69, 9.17) is 26.9 Å². The summed E-state index contributed by atoms with van der Waals surface area (Å²) < 4.78 is 71.9. The Labute approximate surface area is 228 Å². The largest absolute Gasteiger partial charge is 0.480 e. The number of alkyl halides is 5. The van der Waals surface area contributed by atoms with Crippen LogP contribution in [0.25, 0.3) is 22.4 Å². The molecule has 41 heavy (non-hydrogen) atoms. The zero-order chi connectivity index (χ0) is 30.1. The van der Waals surface area contributed by atoms with Crippen LogP contribution in [0.4, 0.5) is 33.6 Å². The molecular weight excluding hydrogens is 587 g/mol. The standard InChI is InChI=1S/C22H16ClF5N8O5/c1-20(18-34-36(7-11(37)38)19(40)41-18)12-14(29)30-16(31-15(12)32-17(20)39)13-9-3-2-8(23)6-10(9)35(33-13)5-4-21(24,25)22(26,27)28/h2-3,6H,4-5,7H2,1H3,(H,37,38)(H3,29,30,31,32,39)/t20-/m1/s1. The van der Waals surface area contributed by atoms with Crippen molar-refractivity contribution in [1.82, 2.24) is 29.5 Å². The van der Waals surface area contributed by atoms with E-state index < -0.39 is 60.5 Å². The van der Waals surface area contributed by atoms with Gasteiger partial charge in [-0.2, -0.15) is 31.7 Å². The third-order valence-corrected chi connectivity index (χ3v) is 6.65. The van der Waals surface area contributed by atoms with Crippen LogP contribution in [0.1, 0.15) is 24.8 Å². The SMILES string of the molecule is C[C@]1(c2nn(CC(=O)O)c(=O)o2)C(=O)Nc2nc(-c3nn(CCC(F)(F)C(F)(F)F)c4cc(Cl)ccc34)nc(N)c21. The maximum Gasteiger partial charge on any atom is 0.453 e. The van der Waals surface area contributed by atoms with Gasteiger partial charge in [-0.1, -0.05) is 11.6 Å². The van der Waals surface area contributed by atoms with Crippen LogP contribution in [-0.4, -0.2) is 58.6 Å². The fraction of sp³-hybridized carbons (Fsp3) is 0.318. The van der Waals surface area contributed by atoms with Crippen molar-refractivity contribution >= 4 is 46.0 Å². The first-order valence-corrected chi connectivity index (χ1v) is 11.8. The Bertz CT molecular complexity index is 1800. The fourth-order valence-corrected chi connectivity index (χ4v) is 4.49. The van der Waals surface area contributed by atoms with Gasteiger partial charge in [0.2, 0.25) is 11.8 Å². The van der Waals surface area contributed by atoms with Gasteiger partial charge in [-0.15, -0.1) is 5.10 Å². The predicted molar refractivity (Wildman–Crippen MR) is 129 cm³/mol. The number of nitrogens with two attached hydrogens (primary N) is 1. The molecule has 4 aromatic rings. The molecule has 3 aromatic heterocycles. The van der Waals surface area contributed by atoms with Crippen molar-refractivity contribution in [3.63, 3.8) is 0 Å². The Morgan fingerprint density at radius 1 is 1.17 bits per heavy atom. The lowest BCUT2D eigenvalue weighted by atomic mass is 9.84. The Morgan fingerprint density at radius 2 is 1.88 bits per heavy atom. The molecule has 1 aliphatic rings. The molecular formula is C22H16ClF5N8O5. The van der Waals surface area contributed by atoms with Gasteiger partial charge in [-0.3, -0.25) is 14.3 Å². The highest BCUT2D eigenvalue weighted by Gasteiger charge is 2.57. The summed E-state index contributed by atoms with van der Waals surface area (Å²) in [5.41, 5.74) is 4.29. The summed E-state index contributed by atoms with van der Waals surface area (Å²) in [7, 11) is 0. The molecule has 19 heteroatoms. The van der Waals surface area contributed by atoms with Gasteiger partial charge < -0.3 is 20.6 Å². The number of carbonyl (C=O) groups excluding carboxylic acids is 1. The number of carboxylic acid groups (broad SMARTS) is 1. The van der Waals surface area contributed by atoms with Crippen molar-refractivity contribution in [1.29, 1.82) is 0 Å². The van der Waals surface area contributed by atoms with Crippen LogP contribution in [0.3, 0.4) is 0 Å². The molecule has 0 bridgehead atoms. The lowest BCUT2D eigenvalue weighted by Gasteiger charge is -2.19. The minimum absolute atomic E-state index is 0.0634. The Balaban J connectivity index is 1.59. The van der Waals surface area contributed by atoms with Crippen molar-refractivity contribution in [3.8, 4) is 11.5 Å². The summed E-state index contributed by atoms with van der Waals surface area (Å²) in [5, 5.41) is 19.7. The zero-order valence-corrected chi connectivity index (χ0v) is 21.2. The lowest BCUT2D eigenvalue weighted by molar-refractivity contribution is -0.285. The van der Waals surface area contributed by atoms with E-state index in [-0.39, 0.29) is 44.6 Å². The van der Waals surface area contributed by atoms with Crippen LogP contribution >= 0.6 is 11.6 Å². The number of hydrogen-bond acceptors (Lipinski definition) is 9. The molecule has 1 aromatic carbocycles. The molecule has 13 nitrogen and oxygen atoms in total. The molecule has 0 spiro atoms. The number of aromatic nitrogens is 6. The van der Waals surface area contributed by atoms with Crippen molar-refractivity contribution in [3.05, 3.63) is 45.2 Å². The van der Waals surface area contributed by atoms with E-state index in [2.05, 4.69) is 25.5 Å². The molecule has 0 fully saturated rings. The predicted octanol–water partition coefficient (Wildman–Crippen LogP) is 2.81. The molecule has 0 saturated heterocycles. The molecule has 5 rings (SSSR count). The molecule has 0 unspecified atom stereocenters. The molecule has 4 N–H and O–H groups in total. The number of nitrogens with zero attached hydrogens (tertiary/aromatic N) is 6. The first kappa shape index (κ1) is 27.9. The molecule has 0 saturated carbocycles. The number of hydrogen-bond donors (Lipinski definition) is 3. The van der Waals surface area contributed by atoms with Gasteiger partial charge in [0.1, 0.15) is 23.9 Å². The zero-order valence-electron chi connectivity index (χ0n) is 20.5. The van der Waals surface area contributed by atoms with Gasteiger partial charge in [0.25, 0.3) is 0 Å². The lowest BCUT2D eigenvalue weighted by Crippen LogP contribution is -2.37. The third-order valence-electron chi connectivity index (χ3n) is 6.42. The molecule has 0 aliphatic carbocycles. The number of anilines is 2. The minimum Gasteiger partial charge on any atom is -0.480 e. The molecule has 216 valence electrons. The molecule has 1 amide bonds. The van der Waals surface area contributed by atoms with Gasteiger partial charge in [0.15, 0.2) is 11.2 Å². The molecule has 1 atom stereocenters. The average molecular weight is 603 g/mol. The summed E-state index contributed by atoms with van der Waals surface area (Å²) >= 11 is 6.02. The normalized spacial score (nSPS) is 17.2. The van der Waals surface area contributed by atoms with E-state index in [1.165, 1.54) is 25.1 Å². The summed E-state index contributed by atoms with van der Waals surface area (Å²) in [4.78, 5) is 44.6. The minimum atomic E-state index is -5.76. The van der Waals surface area contributed by atoms with Crippen molar-refractivity contribution in [2.45, 2.75) is 43.9 Å². The maximum absolute atomic E-state index is 13.6. The number of aliphatic carboxylic acids is 1. The number of carboxylic acids is 1. The average Bonchev–Trinajstić information content (AvgIpc) is 3.49. The summed E-state index contributed by atoms with van der Waals surface area (Å²) in [6.45, 7) is -0.403. The van der Waals surface area contributed by atoms with Crippen LogP contribution in [0, 0.1) is 0 Å².